The van der Waals surface area contributed by atoms with Crippen molar-refractivity contribution in [1.29, 1.82) is 0 Å². The first-order valence-corrected chi connectivity index (χ1v) is 19.5. The molecular formula is C48H30B2N4O5. The van der Waals surface area contributed by atoms with E-state index >= 15 is 0 Å². The fourth-order valence-corrected chi connectivity index (χ4v) is 9.21. The zero-order valence-electron chi connectivity index (χ0n) is 31.8. The third kappa shape index (κ3) is 4.88. The number of fused-ring (bicyclic) bond motifs is 8. The minimum absolute atomic E-state index is 0.0984. The quantitative estimate of drug-likeness (QED) is 0.145. The van der Waals surface area contributed by atoms with Crippen molar-refractivity contribution in [2.45, 2.75) is 0 Å². The molecule has 0 radical (unpaired) electrons. The van der Waals surface area contributed by atoms with Gasteiger partial charge in [-0.25, -0.2) is 0 Å². The van der Waals surface area contributed by atoms with Crippen molar-refractivity contribution < 1.29 is 32.5 Å². The summed E-state index contributed by atoms with van der Waals surface area (Å²) in [5.74, 6) is 7.26. The molecular weight excluding hydrogens is 734 g/mol. The van der Waals surface area contributed by atoms with Gasteiger partial charge in [0.2, 0.25) is 12.7 Å². The Morgan fingerprint density at radius 3 is 1.37 bits per heavy atom. The van der Waals surface area contributed by atoms with Crippen molar-refractivity contribution in [3.8, 4) is 79.8 Å². The smallest absolute Gasteiger partial charge is 0.259 e. The molecule has 0 amide bonds. The van der Waals surface area contributed by atoms with Crippen molar-refractivity contribution in [2.75, 3.05) is 0 Å². The summed E-state index contributed by atoms with van der Waals surface area (Å²) in [4.78, 5) is 0. The first-order valence-electron chi connectivity index (χ1n) is 19.5. The Labute approximate surface area is 339 Å². The molecule has 6 aromatic carbocycles. The molecule has 0 N–H and O–H groups in total. The van der Waals surface area contributed by atoms with E-state index in [4.69, 9.17) is 23.4 Å². The molecule has 4 aliphatic rings. The van der Waals surface area contributed by atoms with Crippen molar-refractivity contribution in [3.05, 3.63) is 159 Å². The van der Waals surface area contributed by atoms with Crippen LogP contribution < -0.4 is 60.9 Å². The lowest BCUT2D eigenvalue weighted by molar-refractivity contribution is -0.675. The van der Waals surface area contributed by atoms with Crippen LogP contribution in [-0.2, 0) is 14.1 Å². The Balaban J connectivity index is 0.893. The van der Waals surface area contributed by atoms with Gasteiger partial charge < -0.3 is 41.6 Å². The van der Waals surface area contributed by atoms with Gasteiger partial charge in [-0.2, -0.15) is 0 Å². The summed E-state index contributed by atoms with van der Waals surface area (Å²) in [7, 11) is 3.94. The zero-order chi connectivity index (χ0) is 38.9. The number of ether oxygens (including phenoxy) is 4. The van der Waals surface area contributed by atoms with Gasteiger partial charge in [0.05, 0.1) is 31.7 Å². The molecule has 4 aliphatic heterocycles. The van der Waals surface area contributed by atoms with Crippen LogP contribution in [0.15, 0.2) is 151 Å². The van der Waals surface area contributed by atoms with Crippen LogP contribution in [0.5, 0.6) is 46.0 Å². The minimum Gasteiger partial charge on any atom is -0.464 e. The fraction of sp³-hybridized carbons (Fsp3) is 0.0417. The van der Waals surface area contributed by atoms with Gasteiger partial charge in [0.1, 0.15) is 51.8 Å². The van der Waals surface area contributed by atoms with Crippen LogP contribution in [0.4, 0.5) is 0 Å². The molecule has 9 nitrogen and oxygen atoms in total. The standard InChI is InChI=1S/C48H30B2N4O5/c1-51-17-19-53(27-51)32-11-15-40-36(24-32)49-34-21-29(9-13-38(34)56-42-5-3-7-44(58-40)47(42)49)31-23-46(55-26-31)30-10-14-39-35(22-30)50-37-25-33(54-20-18-52(2)28-54)12-16-41(37)59-45-8-4-6-43(57-39)48(45)50/h3-26H,1-2H3. The maximum absolute atomic E-state index is 6.55. The molecule has 0 saturated heterocycles. The lowest BCUT2D eigenvalue weighted by Crippen LogP contribution is -2.57. The fourth-order valence-electron chi connectivity index (χ4n) is 9.21. The summed E-state index contributed by atoms with van der Waals surface area (Å²) in [6, 6.07) is 39.5. The van der Waals surface area contributed by atoms with E-state index in [0.29, 0.717) is 0 Å². The second-order valence-corrected chi connectivity index (χ2v) is 15.5. The number of furan rings is 1. The van der Waals surface area contributed by atoms with E-state index < -0.39 is 0 Å². The number of nitrogens with zero attached hydrogens (tertiary/aromatic N) is 4. The van der Waals surface area contributed by atoms with Crippen LogP contribution in [-0.4, -0.2) is 22.6 Å². The van der Waals surface area contributed by atoms with Crippen LogP contribution in [0.3, 0.4) is 0 Å². The summed E-state index contributed by atoms with van der Waals surface area (Å²) in [6.45, 7) is -0.208. The molecule has 0 unspecified atom stereocenters. The van der Waals surface area contributed by atoms with Crippen LogP contribution in [0, 0.1) is 12.7 Å². The van der Waals surface area contributed by atoms with E-state index in [0.717, 1.165) is 113 Å². The molecule has 278 valence electrons. The Kier molecular flexibility index (Phi) is 6.56. The summed E-state index contributed by atoms with van der Waals surface area (Å²) < 4.78 is 40.3. The first kappa shape index (κ1) is 32.4. The summed E-state index contributed by atoms with van der Waals surface area (Å²) >= 11 is 0. The highest BCUT2D eigenvalue weighted by molar-refractivity contribution is 6.99. The van der Waals surface area contributed by atoms with E-state index in [1.54, 1.807) is 0 Å². The van der Waals surface area contributed by atoms with Gasteiger partial charge in [-0.1, -0.05) is 54.6 Å². The first-order chi connectivity index (χ1) is 29.0. The second kappa shape index (κ2) is 11.9. The molecule has 11 heteroatoms. The normalized spacial score (nSPS) is 13.4. The number of aryl methyl sites for hydroxylation is 2. The second-order valence-electron chi connectivity index (χ2n) is 15.5. The van der Waals surface area contributed by atoms with Crippen molar-refractivity contribution >= 4 is 46.2 Å². The topological polar surface area (TPSA) is 67.7 Å². The predicted molar refractivity (Wildman–Crippen MR) is 224 cm³/mol. The highest BCUT2D eigenvalue weighted by Crippen LogP contribution is 2.39. The van der Waals surface area contributed by atoms with Crippen LogP contribution in [0.2, 0.25) is 0 Å². The molecule has 59 heavy (non-hydrogen) atoms. The highest BCUT2D eigenvalue weighted by atomic mass is 16.5. The third-order valence-electron chi connectivity index (χ3n) is 11.9. The number of imidazole rings is 2. The van der Waals surface area contributed by atoms with Gasteiger partial charge in [-0.3, -0.25) is 0 Å². The van der Waals surface area contributed by atoms with E-state index in [1.807, 2.05) is 106 Å². The number of hydrogen-bond donors (Lipinski definition) is 0. The van der Waals surface area contributed by atoms with Crippen LogP contribution in [0.25, 0.3) is 33.8 Å². The maximum atomic E-state index is 6.55. The lowest BCUT2D eigenvalue weighted by Gasteiger charge is -2.33. The molecule has 3 aromatic heterocycles. The summed E-state index contributed by atoms with van der Waals surface area (Å²) in [6.07, 6.45) is 16.5. The average molecular weight is 764 g/mol. The number of benzene rings is 6. The van der Waals surface area contributed by atoms with Crippen LogP contribution in [0.1, 0.15) is 0 Å². The largest absolute Gasteiger partial charge is 0.464 e. The molecule has 7 heterocycles. The molecule has 0 atom stereocenters. The highest BCUT2D eigenvalue weighted by Gasteiger charge is 2.42. The minimum atomic E-state index is -0.109. The predicted octanol–water partition coefficient (Wildman–Crippen LogP) is 4.90. The van der Waals surface area contributed by atoms with Gasteiger partial charge in [-0.05, 0) is 88.1 Å². The van der Waals surface area contributed by atoms with E-state index in [1.165, 1.54) is 0 Å². The summed E-state index contributed by atoms with van der Waals surface area (Å²) in [5.41, 5.74) is 11.3. The Morgan fingerprint density at radius 1 is 0.458 bits per heavy atom. The molecule has 9 aromatic rings. The van der Waals surface area contributed by atoms with Gasteiger partial charge >= 0.3 is 0 Å². The molecule has 0 bridgehead atoms. The zero-order valence-corrected chi connectivity index (χ0v) is 31.8. The van der Waals surface area contributed by atoms with Crippen molar-refractivity contribution in [1.82, 2.24) is 9.13 Å². The maximum Gasteiger partial charge on any atom is 0.259 e. The van der Waals surface area contributed by atoms with Crippen molar-refractivity contribution in [3.63, 3.8) is 0 Å². The van der Waals surface area contributed by atoms with Gasteiger partial charge in [0.15, 0.2) is 0 Å². The van der Waals surface area contributed by atoms with Gasteiger partial charge in [0.25, 0.3) is 13.4 Å². The third-order valence-corrected chi connectivity index (χ3v) is 11.9. The lowest BCUT2D eigenvalue weighted by atomic mass is 9.34. The average Bonchev–Trinajstić information content (AvgIpc) is 4.05. The van der Waals surface area contributed by atoms with E-state index in [-0.39, 0.29) is 13.4 Å². The van der Waals surface area contributed by atoms with E-state index in [9.17, 15) is 0 Å². The number of aromatic nitrogens is 4. The monoisotopic (exact) mass is 764 g/mol. The molecule has 0 aliphatic carbocycles. The molecule has 13 rings (SSSR count). The Bertz CT molecular complexity index is 3010. The Morgan fingerprint density at radius 2 is 0.898 bits per heavy atom. The number of rotatable bonds is 4. The molecule has 0 spiro atoms. The van der Waals surface area contributed by atoms with Crippen LogP contribution >= 0.6 is 0 Å². The summed E-state index contributed by atoms with van der Waals surface area (Å²) in [5, 5.41) is 0. The molecule has 0 fully saturated rings. The van der Waals surface area contributed by atoms with Gasteiger partial charge in [-0.15, -0.1) is 0 Å². The molecule has 0 saturated carbocycles. The Hall–Kier alpha value is -7.65. The van der Waals surface area contributed by atoms with Crippen molar-refractivity contribution in [2.24, 2.45) is 14.1 Å². The number of hydrogen-bond acceptors (Lipinski definition) is 5. The van der Waals surface area contributed by atoms with Gasteiger partial charge in [0, 0.05) is 46.8 Å². The van der Waals surface area contributed by atoms with E-state index in [2.05, 4.69) is 85.5 Å². The SMILES string of the molecule is C[n+]1[c-]n(-c2ccc3c(c2)B2c4cc(-c5coc(-c6ccc7c(c6)B6c8cc(-n9[c-][n+](C)cc9)ccc8Oc8cccc(c86)O7)c5)ccc4Oc4cccc(c42)O3)cc1.